The number of carbonyl (C=O) groups excluding carboxylic acids is 1. The molecule has 1 N–H and O–H groups in total. The standard InChI is InChI=1S/C16H8Cl3N3O3/c17-9-3-1-8(2-4-9)15(24)14-11(18)5-10(6-12(14)19)22-16(25)21-13(23)7-20-22/h1-7H,(H,21,23,25). The third-order valence-electron chi connectivity index (χ3n) is 3.32. The van der Waals surface area contributed by atoms with Gasteiger partial charge in [-0.2, -0.15) is 9.78 Å². The van der Waals surface area contributed by atoms with Crippen molar-refractivity contribution in [3.05, 3.63) is 89.6 Å². The van der Waals surface area contributed by atoms with Crippen molar-refractivity contribution in [3.8, 4) is 5.69 Å². The summed E-state index contributed by atoms with van der Waals surface area (Å²) >= 11 is 18.2. The number of carbonyl (C=O) groups is 1. The summed E-state index contributed by atoms with van der Waals surface area (Å²) in [6.07, 6.45) is 0.940. The summed E-state index contributed by atoms with van der Waals surface area (Å²) in [6.45, 7) is 0. The zero-order valence-corrected chi connectivity index (χ0v) is 14.6. The summed E-state index contributed by atoms with van der Waals surface area (Å²) in [6, 6.07) is 8.99. The van der Waals surface area contributed by atoms with E-state index in [2.05, 4.69) is 10.1 Å². The highest BCUT2D eigenvalue weighted by Gasteiger charge is 2.19. The lowest BCUT2D eigenvalue weighted by molar-refractivity contribution is 0.103. The number of H-pyrrole nitrogens is 1. The second kappa shape index (κ2) is 6.84. The number of halogens is 3. The van der Waals surface area contributed by atoms with Crippen molar-refractivity contribution in [1.82, 2.24) is 14.8 Å². The maximum atomic E-state index is 12.6. The van der Waals surface area contributed by atoms with Crippen molar-refractivity contribution in [2.24, 2.45) is 0 Å². The molecule has 25 heavy (non-hydrogen) atoms. The normalized spacial score (nSPS) is 10.7. The molecular formula is C16H8Cl3N3O3. The molecular weight excluding hydrogens is 389 g/mol. The van der Waals surface area contributed by atoms with E-state index in [0.717, 1.165) is 10.9 Å². The van der Waals surface area contributed by atoms with E-state index in [1.165, 1.54) is 12.1 Å². The number of nitrogens with one attached hydrogen (secondary N) is 1. The molecule has 0 radical (unpaired) electrons. The van der Waals surface area contributed by atoms with Gasteiger partial charge < -0.3 is 0 Å². The van der Waals surface area contributed by atoms with Crippen LogP contribution in [0.1, 0.15) is 15.9 Å². The number of hydrogen-bond acceptors (Lipinski definition) is 4. The third-order valence-corrected chi connectivity index (χ3v) is 4.17. The monoisotopic (exact) mass is 395 g/mol. The highest BCUT2D eigenvalue weighted by molar-refractivity contribution is 6.41. The number of aromatic amines is 1. The average molecular weight is 397 g/mol. The van der Waals surface area contributed by atoms with Gasteiger partial charge in [-0.05, 0) is 36.4 Å². The molecule has 3 rings (SSSR count). The Hall–Kier alpha value is -2.41. The smallest absolute Gasteiger partial charge is 0.288 e. The van der Waals surface area contributed by atoms with Crippen LogP contribution in [0.2, 0.25) is 15.1 Å². The minimum Gasteiger partial charge on any atom is -0.288 e. The van der Waals surface area contributed by atoms with Crippen LogP contribution < -0.4 is 11.2 Å². The van der Waals surface area contributed by atoms with Crippen LogP contribution in [-0.4, -0.2) is 20.5 Å². The largest absolute Gasteiger partial charge is 0.349 e. The van der Waals surface area contributed by atoms with Crippen LogP contribution in [0.25, 0.3) is 5.69 Å². The van der Waals surface area contributed by atoms with E-state index >= 15 is 0 Å². The van der Waals surface area contributed by atoms with Gasteiger partial charge in [0.1, 0.15) is 6.20 Å². The maximum Gasteiger partial charge on any atom is 0.349 e. The van der Waals surface area contributed by atoms with E-state index in [1.54, 1.807) is 24.3 Å². The number of rotatable bonds is 3. The maximum absolute atomic E-state index is 12.6. The van der Waals surface area contributed by atoms with Gasteiger partial charge in [-0.1, -0.05) is 34.8 Å². The van der Waals surface area contributed by atoms with E-state index < -0.39 is 11.2 Å². The molecule has 0 bridgehead atoms. The van der Waals surface area contributed by atoms with Crippen molar-refractivity contribution < 1.29 is 4.79 Å². The molecule has 9 heteroatoms. The minimum atomic E-state index is -0.753. The van der Waals surface area contributed by atoms with Gasteiger partial charge in [-0.15, -0.1) is 0 Å². The number of hydrogen-bond donors (Lipinski definition) is 1. The van der Waals surface area contributed by atoms with Crippen LogP contribution in [-0.2, 0) is 0 Å². The molecule has 1 aromatic heterocycles. The van der Waals surface area contributed by atoms with Crippen molar-refractivity contribution in [2.45, 2.75) is 0 Å². The van der Waals surface area contributed by atoms with Gasteiger partial charge in [0.15, 0.2) is 5.78 Å². The Balaban J connectivity index is 2.09. The van der Waals surface area contributed by atoms with Crippen molar-refractivity contribution in [2.75, 3.05) is 0 Å². The Morgan fingerprint density at radius 1 is 1.00 bits per heavy atom. The quantitative estimate of drug-likeness (QED) is 0.689. The fourth-order valence-electron chi connectivity index (χ4n) is 2.18. The molecule has 0 saturated heterocycles. The molecule has 0 aliphatic heterocycles. The molecule has 0 unspecified atom stereocenters. The van der Waals surface area contributed by atoms with Gasteiger partial charge in [0.2, 0.25) is 0 Å². The van der Waals surface area contributed by atoms with E-state index in [9.17, 15) is 14.4 Å². The van der Waals surface area contributed by atoms with Crippen LogP contribution in [0.5, 0.6) is 0 Å². The van der Waals surface area contributed by atoms with E-state index in [1.807, 2.05) is 0 Å². The minimum absolute atomic E-state index is 0.0438. The fraction of sp³-hybridized carbons (Fsp3) is 0. The SMILES string of the molecule is O=C(c1ccc(Cl)cc1)c1c(Cl)cc(-n2ncc(=O)[nH]c2=O)cc1Cl. The van der Waals surface area contributed by atoms with Crippen LogP contribution >= 0.6 is 34.8 Å². The van der Waals surface area contributed by atoms with E-state index in [0.29, 0.717) is 10.6 Å². The first-order valence-corrected chi connectivity index (χ1v) is 7.98. The zero-order valence-electron chi connectivity index (χ0n) is 12.3. The predicted octanol–water partition coefficient (Wildman–Crippen LogP) is 3.11. The van der Waals surface area contributed by atoms with Crippen molar-refractivity contribution in [3.63, 3.8) is 0 Å². The van der Waals surface area contributed by atoms with Crippen molar-refractivity contribution >= 4 is 40.6 Å². The topological polar surface area (TPSA) is 84.8 Å². The summed E-state index contributed by atoms with van der Waals surface area (Å²) < 4.78 is 0.912. The van der Waals surface area contributed by atoms with Crippen LogP contribution in [0.4, 0.5) is 0 Å². The Morgan fingerprint density at radius 3 is 2.16 bits per heavy atom. The summed E-state index contributed by atoms with van der Waals surface area (Å²) in [7, 11) is 0. The molecule has 0 atom stereocenters. The summed E-state index contributed by atoms with van der Waals surface area (Å²) in [5, 5.41) is 4.30. The van der Waals surface area contributed by atoms with Crippen molar-refractivity contribution in [1.29, 1.82) is 0 Å². The van der Waals surface area contributed by atoms with Gasteiger partial charge >= 0.3 is 5.69 Å². The Morgan fingerprint density at radius 2 is 1.60 bits per heavy atom. The summed E-state index contributed by atoms with van der Waals surface area (Å²) in [5.41, 5.74) is -0.722. The van der Waals surface area contributed by atoms with Gasteiger partial charge in [0.05, 0.1) is 21.3 Å². The van der Waals surface area contributed by atoms with Crippen LogP contribution in [0, 0.1) is 0 Å². The molecule has 0 aliphatic rings. The molecule has 3 aromatic rings. The Labute approximate surface area is 155 Å². The highest BCUT2D eigenvalue weighted by atomic mass is 35.5. The first-order chi connectivity index (χ1) is 11.9. The molecule has 0 aliphatic carbocycles. The summed E-state index contributed by atoms with van der Waals surface area (Å²) in [4.78, 5) is 37.6. The number of aromatic nitrogens is 3. The van der Waals surface area contributed by atoms with Gasteiger partial charge in [0, 0.05) is 10.6 Å². The molecule has 6 nitrogen and oxygen atoms in total. The molecule has 0 saturated carbocycles. The second-order valence-electron chi connectivity index (χ2n) is 4.97. The summed E-state index contributed by atoms with van der Waals surface area (Å²) in [5.74, 6) is -0.389. The van der Waals surface area contributed by atoms with E-state index in [4.69, 9.17) is 34.8 Å². The Kier molecular flexibility index (Phi) is 4.76. The highest BCUT2D eigenvalue weighted by Crippen LogP contribution is 2.30. The van der Waals surface area contributed by atoms with Gasteiger partial charge in [0.25, 0.3) is 5.56 Å². The van der Waals surface area contributed by atoms with Crippen LogP contribution in [0.3, 0.4) is 0 Å². The molecule has 126 valence electrons. The molecule has 0 spiro atoms. The Bertz CT molecular complexity index is 1070. The second-order valence-corrected chi connectivity index (χ2v) is 6.22. The molecule has 0 amide bonds. The van der Waals surface area contributed by atoms with E-state index in [-0.39, 0.29) is 27.1 Å². The average Bonchev–Trinajstić information content (AvgIpc) is 2.54. The first kappa shape index (κ1) is 17.4. The molecule has 2 aromatic carbocycles. The lowest BCUT2D eigenvalue weighted by Gasteiger charge is -2.10. The molecule has 1 heterocycles. The predicted molar refractivity (Wildman–Crippen MR) is 95.4 cm³/mol. The van der Waals surface area contributed by atoms with Gasteiger partial charge in [-0.3, -0.25) is 14.6 Å². The number of ketones is 1. The number of nitrogens with zero attached hydrogens (tertiary/aromatic N) is 2. The zero-order chi connectivity index (χ0) is 18.1. The molecule has 0 fully saturated rings. The van der Waals surface area contributed by atoms with Gasteiger partial charge in [-0.25, -0.2) is 4.79 Å². The lowest BCUT2D eigenvalue weighted by atomic mass is 10.0. The fourth-order valence-corrected chi connectivity index (χ4v) is 2.95. The van der Waals surface area contributed by atoms with Crippen LogP contribution in [0.15, 0.2) is 52.2 Å². The first-order valence-electron chi connectivity index (χ1n) is 6.85. The lowest BCUT2D eigenvalue weighted by Crippen LogP contribution is -2.30. The third kappa shape index (κ3) is 3.51. The number of benzene rings is 2.